The lowest BCUT2D eigenvalue weighted by Gasteiger charge is -2.11. The van der Waals surface area contributed by atoms with E-state index in [1.165, 1.54) is 12.1 Å². The van der Waals surface area contributed by atoms with Gasteiger partial charge in [0.25, 0.3) is 0 Å². The van der Waals surface area contributed by atoms with Crippen LogP contribution in [0.5, 0.6) is 0 Å². The van der Waals surface area contributed by atoms with E-state index >= 15 is 0 Å². The molecule has 5 heteroatoms. The second-order valence-electron chi connectivity index (χ2n) is 5.66. The number of carboxylic acid groups (broad SMARTS) is 1. The molecule has 0 aromatic heterocycles. The number of carbonyl (C=O) groups is 2. The van der Waals surface area contributed by atoms with E-state index in [0.29, 0.717) is 32.2 Å². The molecule has 1 fully saturated rings. The molecule has 1 amide bonds. The number of amides is 1. The molecule has 1 saturated carbocycles. The quantitative estimate of drug-likeness (QED) is 0.875. The largest absolute Gasteiger partial charge is 0.481 e. The van der Waals surface area contributed by atoms with Crippen LogP contribution in [0.1, 0.15) is 30.4 Å². The molecular formula is C16H20FNO3. The predicted molar refractivity (Wildman–Crippen MR) is 76.3 cm³/mol. The van der Waals surface area contributed by atoms with Crippen molar-refractivity contribution in [1.29, 1.82) is 0 Å². The number of rotatable bonds is 5. The zero-order chi connectivity index (χ0) is 15.4. The number of hydrogen-bond donors (Lipinski definition) is 2. The third-order valence-electron chi connectivity index (χ3n) is 4.15. The van der Waals surface area contributed by atoms with Crippen molar-refractivity contribution in [3.63, 3.8) is 0 Å². The summed E-state index contributed by atoms with van der Waals surface area (Å²) in [4.78, 5) is 22.9. The maximum atomic E-state index is 13.0. The van der Waals surface area contributed by atoms with Gasteiger partial charge in [0.05, 0.1) is 5.92 Å². The second-order valence-corrected chi connectivity index (χ2v) is 5.66. The maximum Gasteiger partial charge on any atom is 0.306 e. The molecule has 0 unspecified atom stereocenters. The van der Waals surface area contributed by atoms with E-state index in [4.69, 9.17) is 5.11 Å². The Labute approximate surface area is 123 Å². The molecule has 0 bridgehead atoms. The average Bonchev–Trinajstić information content (AvgIpc) is 2.91. The molecule has 0 radical (unpaired) electrons. The monoisotopic (exact) mass is 293 g/mol. The van der Waals surface area contributed by atoms with Gasteiger partial charge in [0, 0.05) is 12.5 Å². The van der Waals surface area contributed by atoms with E-state index in [1.54, 1.807) is 6.07 Å². The number of halogens is 1. The number of carbonyl (C=O) groups excluding carboxylic acids is 1. The summed E-state index contributed by atoms with van der Waals surface area (Å²) in [6.45, 7) is 2.33. The summed E-state index contributed by atoms with van der Waals surface area (Å²) in [6.07, 6.45) is 2.28. The van der Waals surface area contributed by atoms with E-state index in [9.17, 15) is 14.0 Å². The Morgan fingerprint density at radius 2 is 2.05 bits per heavy atom. The van der Waals surface area contributed by atoms with Crippen molar-refractivity contribution in [3.8, 4) is 0 Å². The highest BCUT2D eigenvalue weighted by atomic mass is 19.1. The first-order valence-corrected chi connectivity index (χ1v) is 7.23. The first-order valence-electron chi connectivity index (χ1n) is 7.23. The van der Waals surface area contributed by atoms with Gasteiger partial charge in [-0.1, -0.05) is 6.07 Å². The molecule has 1 aromatic carbocycles. The lowest BCUT2D eigenvalue weighted by atomic mass is 10.0. The van der Waals surface area contributed by atoms with E-state index in [0.717, 1.165) is 11.1 Å². The van der Waals surface area contributed by atoms with Crippen molar-refractivity contribution < 1.29 is 19.1 Å². The molecular weight excluding hydrogens is 273 g/mol. The molecule has 2 N–H and O–H groups in total. The molecule has 0 heterocycles. The molecule has 0 saturated heterocycles. The van der Waals surface area contributed by atoms with Gasteiger partial charge < -0.3 is 10.4 Å². The fourth-order valence-electron chi connectivity index (χ4n) is 2.85. The van der Waals surface area contributed by atoms with E-state index < -0.39 is 5.97 Å². The second kappa shape index (κ2) is 6.70. The Hall–Kier alpha value is -1.91. The summed E-state index contributed by atoms with van der Waals surface area (Å²) in [5, 5.41) is 11.8. The van der Waals surface area contributed by atoms with Gasteiger partial charge in [0.15, 0.2) is 0 Å². The van der Waals surface area contributed by atoms with Crippen molar-refractivity contribution in [3.05, 3.63) is 35.1 Å². The van der Waals surface area contributed by atoms with Gasteiger partial charge >= 0.3 is 5.97 Å². The van der Waals surface area contributed by atoms with Crippen LogP contribution in [-0.2, 0) is 16.0 Å². The Balaban J connectivity index is 1.78. The van der Waals surface area contributed by atoms with Crippen LogP contribution >= 0.6 is 0 Å². The Kier molecular flexibility index (Phi) is 4.94. The Bertz CT molecular complexity index is 544. The summed E-state index contributed by atoms with van der Waals surface area (Å²) in [5.41, 5.74) is 1.88. The minimum Gasteiger partial charge on any atom is -0.481 e. The molecule has 4 nitrogen and oxygen atoms in total. The standard InChI is InChI=1S/C16H20FNO3/c1-10-8-14(17)5-4-11(10)6-7-18-15(19)12-2-3-13(9-12)16(20)21/h4-5,8,12-13H,2-3,6-7,9H2,1H3,(H,18,19)(H,20,21)/t12-,13+/m1/s1. The van der Waals surface area contributed by atoms with Gasteiger partial charge in [0.1, 0.15) is 5.82 Å². The van der Waals surface area contributed by atoms with Crippen LogP contribution in [-0.4, -0.2) is 23.5 Å². The van der Waals surface area contributed by atoms with Crippen LogP contribution < -0.4 is 5.32 Å². The molecule has 0 spiro atoms. The lowest BCUT2D eigenvalue weighted by Crippen LogP contribution is -2.31. The minimum absolute atomic E-state index is 0.0708. The predicted octanol–water partition coefficient (Wildman–Crippen LogP) is 2.29. The number of hydrogen-bond acceptors (Lipinski definition) is 2. The normalized spacial score (nSPS) is 21.2. The van der Waals surface area contributed by atoms with Gasteiger partial charge in [-0.3, -0.25) is 9.59 Å². The summed E-state index contributed by atoms with van der Waals surface area (Å²) >= 11 is 0. The smallest absolute Gasteiger partial charge is 0.306 e. The van der Waals surface area contributed by atoms with E-state index in [1.807, 2.05) is 6.92 Å². The molecule has 114 valence electrons. The maximum absolute atomic E-state index is 13.0. The zero-order valence-electron chi connectivity index (χ0n) is 12.1. The molecule has 2 rings (SSSR count). The SMILES string of the molecule is Cc1cc(F)ccc1CCNC(=O)[C@@H]1CC[C@H](C(=O)O)C1. The van der Waals surface area contributed by atoms with Crippen molar-refractivity contribution in [2.24, 2.45) is 11.8 Å². The molecule has 2 atom stereocenters. The van der Waals surface area contributed by atoms with Crippen LogP contribution in [0.4, 0.5) is 4.39 Å². The fraction of sp³-hybridized carbons (Fsp3) is 0.500. The van der Waals surface area contributed by atoms with Crippen LogP contribution in [0.2, 0.25) is 0 Å². The van der Waals surface area contributed by atoms with E-state index in [2.05, 4.69) is 5.32 Å². The van der Waals surface area contributed by atoms with Crippen molar-refractivity contribution >= 4 is 11.9 Å². The summed E-state index contributed by atoms with van der Waals surface area (Å²) in [5.74, 6) is -1.72. The molecule has 0 aliphatic heterocycles. The Morgan fingerprint density at radius 1 is 1.33 bits per heavy atom. The van der Waals surface area contributed by atoms with Crippen LogP contribution in [0, 0.1) is 24.6 Å². The summed E-state index contributed by atoms with van der Waals surface area (Å²) in [7, 11) is 0. The lowest BCUT2D eigenvalue weighted by molar-refractivity contribution is -0.141. The minimum atomic E-state index is -0.813. The summed E-state index contributed by atoms with van der Waals surface area (Å²) in [6, 6.07) is 4.62. The average molecular weight is 293 g/mol. The zero-order valence-corrected chi connectivity index (χ0v) is 12.1. The highest BCUT2D eigenvalue weighted by molar-refractivity contribution is 5.80. The topological polar surface area (TPSA) is 66.4 Å². The fourth-order valence-corrected chi connectivity index (χ4v) is 2.85. The highest BCUT2D eigenvalue weighted by Gasteiger charge is 2.33. The van der Waals surface area contributed by atoms with Gasteiger partial charge in [-0.05, 0) is 55.9 Å². The van der Waals surface area contributed by atoms with Crippen molar-refractivity contribution in [2.45, 2.75) is 32.6 Å². The number of aliphatic carboxylic acids is 1. The van der Waals surface area contributed by atoms with Crippen LogP contribution in [0.25, 0.3) is 0 Å². The van der Waals surface area contributed by atoms with Gasteiger partial charge in [-0.15, -0.1) is 0 Å². The van der Waals surface area contributed by atoms with Crippen molar-refractivity contribution in [1.82, 2.24) is 5.32 Å². The highest BCUT2D eigenvalue weighted by Crippen LogP contribution is 2.31. The summed E-state index contributed by atoms with van der Waals surface area (Å²) < 4.78 is 13.0. The number of aryl methyl sites for hydroxylation is 1. The van der Waals surface area contributed by atoms with Crippen molar-refractivity contribution in [2.75, 3.05) is 6.54 Å². The third-order valence-corrected chi connectivity index (χ3v) is 4.15. The first kappa shape index (κ1) is 15.5. The first-order chi connectivity index (χ1) is 9.97. The van der Waals surface area contributed by atoms with Gasteiger partial charge in [0.2, 0.25) is 5.91 Å². The number of carboxylic acids is 1. The molecule has 21 heavy (non-hydrogen) atoms. The van der Waals surface area contributed by atoms with E-state index in [-0.39, 0.29) is 23.6 Å². The van der Waals surface area contributed by atoms with Crippen LogP contribution in [0.15, 0.2) is 18.2 Å². The van der Waals surface area contributed by atoms with Gasteiger partial charge in [-0.25, -0.2) is 4.39 Å². The molecule has 1 aliphatic carbocycles. The number of benzene rings is 1. The number of nitrogens with one attached hydrogen (secondary N) is 1. The van der Waals surface area contributed by atoms with Gasteiger partial charge in [-0.2, -0.15) is 0 Å². The molecule has 1 aromatic rings. The molecule has 1 aliphatic rings. The third kappa shape index (κ3) is 4.03. The van der Waals surface area contributed by atoms with Crippen LogP contribution in [0.3, 0.4) is 0 Å². The Morgan fingerprint density at radius 3 is 2.67 bits per heavy atom.